The van der Waals surface area contributed by atoms with Crippen LogP contribution in [-0.2, 0) is 6.42 Å². The third-order valence-corrected chi connectivity index (χ3v) is 4.47. The van der Waals surface area contributed by atoms with E-state index in [-0.39, 0.29) is 5.56 Å². The van der Waals surface area contributed by atoms with Crippen LogP contribution in [0.4, 0.5) is 8.78 Å². The molecule has 2 heteroatoms. The van der Waals surface area contributed by atoms with Crippen molar-refractivity contribution < 1.29 is 8.78 Å². The van der Waals surface area contributed by atoms with E-state index < -0.39 is 11.6 Å². The smallest absolute Gasteiger partial charge is 0.167 e. The van der Waals surface area contributed by atoms with E-state index in [1.165, 1.54) is 5.56 Å². The van der Waals surface area contributed by atoms with E-state index in [2.05, 4.69) is 6.92 Å². The van der Waals surface area contributed by atoms with Crippen LogP contribution in [0.3, 0.4) is 0 Å². The van der Waals surface area contributed by atoms with Gasteiger partial charge in [0.2, 0.25) is 0 Å². The van der Waals surface area contributed by atoms with E-state index in [4.69, 9.17) is 0 Å². The molecular weight excluding hydrogens is 326 g/mol. The molecule has 132 valence electrons. The molecule has 0 heterocycles. The van der Waals surface area contributed by atoms with Crippen molar-refractivity contribution in [1.29, 1.82) is 0 Å². The Bertz CT molecular complexity index is 904. The summed E-state index contributed by atoms with van der Waals surface area (Å²) in [5.41, 5.74) is 4.16. The highest BCUT2D eigenvalue weighted by atomic mass is 19.2. The first kappa shape index (κ1) is 18.1. The molecule has 0 radical (unpaired) electrons. The summed E-state index contributed by atoms with van der Waals surface area (Å²) < 4.78 is 29.4. The maximum absolute atomic E-state index is 14.7. The Morgan fingerprint density at radius 2 is 1.23 bits per heavy atom. The van der Waals surface area contributed by atoms with Gasteiger partial charge < -0.3 is 0 Å². The molecule has 0 saturated carbocycles. The number of benzene rings is 3. The van der Waals surface area contributed by atoms with E-state index in [1.54, 1.807) is 12.1 Å². The van der Waals surface area contributed by atoms with Crippen molar-refractivity contribution in [3.05, 3.63) is 89.5 Å². The molecule has 0 saturated heterocycles. The summed E-state index contributed by atoms with van der Waals surface area (Å²) in [5, 5.41) is 0. The molecule has 0 N–H and O–H groups in total. The van der Waals surface area contributed by atoms with Crippen molar-refractivity contribution in [1.82, 2.24) is 0 Å². The highest BCUT2D eigenvalue weighted by Crippen LogP contribution is 2.31. The lowest BCUT2D eigenvalue weighted by atomic mass is 9.97. The highest BCUT2D eigenvalue weighted by molar-refractivity contribution is 5.72. The van der Waals surface area contributed by atoms with E-state index >= 15 is 0 Å². The van der Waals surface area contributed by atoms with Gasteiger partial charge in [0.05, 0.1) is 0 Å². The largest absolute Gasteiger partial charge is 0.203 e. The average molecular weight is 348 g/mol. The molecule has 0 aromatic heterocycles. The van der Waals surface area contributed by atoms with Gasteiger partial charge in [-0.1, -0.05) is 86.2 Å². The Balaban J connectivity index is 1.95. The molecule has 0 fully saturated rings. The van der Waals surface area contributed by atoms with Crippen molar-refractivity contribution in [3.8, 4) is 22.3 Å². The summed E-state index contributed by atoms with van der Waals surface area (Å²) >= 11 is 0. The SMILES string of the molecule is C/C=C/c1ccc(-c2ccc(-c3ccc(CCC)cc3)c(F)c2F)cc1. The van der Waals surface area contributed by atoms with Gasteiger partial charge in [0, 0.05) is 11.1 Å². The fourth-order valence-electron chi connectivity index (χ4n) is 3.10. The van der Waals surface area contributed by atoms with Crippen molar-refractivity contribution in [2.75, 3.05) is 0 Å². The number of allylic oxidation sites excluding steroid dienone is 1. The molecule has 26 heavy (non-hydrogen) atoms. The van der Waals surface area contributed by atoms with Crippen molar-refractivity contribution in [2.24, 2.45) is 0 Å². The van der Waals surface area contributed by atoms with Gasteiger partial charge in [-0.2, -0.15) is 0 Å². The minimum absolute atomic E-state index is 0.279. The first-order valence-corrected chi connectivity index (χ1v) is 8.94. The molecule has 0 aliphatic rings. The third kappa shape index (κ3) is 3.75. The van der Waals surface area contributed by atoms with Crippen LogP contribution in [0.2, 0.25) is 0 Å². The molecule has 0 aliphatic heterocycles. The Labute approximate surface area is 153 Å². The lowest BCUT2D eigenvalue weighted by Crippen LogP contribution is -1.94. The van der Waals surface area contributed by atoms with Crippen LogP contribution >= 0.6 is 0 Å². The van der Waals surface area contributed by atoms with Crippen LogP contribution in [0.5, 0.6) is 0 Å². The molecule has 0 amide bonds. The van der Waals surface area contributed by atoms with Gasteiger partial charge in [0.15, 0.2) is 11.6 Å². The number of hydrogen-bond donors (Lipinski definition) is 0. The van der Waals surface area contributed by atoms with Crippen molar-refractivity contribution in [2.45, 2.75) is 26.7 Å². The molecule has 0 unspecified atom stereocenters. The van der Waals surface area contributed by atoms with Gasteiger partial charge in [0.25, 0.3) is 0 Å². The molecule has 3 rings (SSSR count). The van der Waals surface area contributed by atoms with Gasteiger partial charge in [-0.15, -0.1) is 0 Å². The van der Waals surface area contributed by atoms with Gasteiger partial charge >= 0.3 is 0 Å². The predicted octanol–water partition coefficient (Wildman–Crippen LogP) is 7.28. The minimum atomic E-state index is -0.807. The van der Waals surface area contributed by atoms with Crippen molar-refractivity contribution in [3.63, 3.8) is 0 Å². The fourth-order valence-corrected chi connectivity index (χ4v) is 3.10. The Morgan fingerprint density at radius 1 is 0.731 bits per heavy atom. The van der Waals surface area contributed by atoms with Gasteiger partial charge in [0.1, 0.15) is 0 Å². The Morgan fingerprint density at radius 3 is 1.69 bits per heavy atom. The molecule has 0 atom stereocenters. The van der Waals surface area contributed by atoms with E-state index in [0.29, 0.717) is 16.7 Å². The zero-order chi connectivity index (χ0) is 18.5. The second-order valence-corrected chi connectivity index (χ2v) is 6.36. The van der Waals surface area contributed by atoms with Crippen LogP contribution in [0.15, 0.2) is 66.7 Å². The maximum atomic E-state index is 14.7. The molecular formula is C24H22F2. The highest BCUT2D eigenvalue weighted by Gasteiger charge is 2.15. The second kappa shape index (κ2) is 8.09. The van der Waals surface area contributed by atoms with Crippen LogP contribution in [0, 0.1) is 11.6 Å². The molecule has 0 spiro atoms. The first-order chi connectivity index (χ1) is 12.6. The van der Waals surface area contributed by atoms with Gasteiger partial charge in [-0.05, 0) is 35.6 Å². The number of hydrogen-bond acceptors (Lipinski definition) is 0. The monoisotopic (exact) mass is 348 g/mol. The third-order valence-electron chi connectivity index (χ3n) is 4.47. The lowest BCUT2D eigenvalue weighted by Gasteiger charge is -2.10. The lowest BCUT2D eigenvalue weighted by molar-refractivity contribution is 0.514. The summed E-state index contributed by atoms with van der Waals surface area (Å²) in [6, 6.07) is 18.4. The summed E-state index contributed by atoms with van der Waals surface area (Å²) in [6.45, 7) is 4.06. The van der Waals surface area contributed by atoms with Crippen LogP contribution in [0.25, 0.3) is 28.3 Å². The average Bonchev–Trinajstić information content (AvgIpc) is 2.66. The molecule has 0 bridgehead atoms. The number of halogens is 2. The fraction of sp³-hybridized carbons (Fsp3) is 0.167. The molecule has 0 nitrogen and oxygen atoms in total. The minimum Gasteiger partial charge on any atom is -0.203 e. The number of aryl methyl sites for hydroxylation is 1. The van der Waals surface area contributed by atoms with Gasteiger partial charge in [-0.3, -0.25) is 0 Å². The van der Waals surface area contributed by atoms with E-state index in [9.17, 15) is 8.78 Å². The normalized spacial score (nSPS) is 11.2. The topological polar surface area (TPSA) is 0 Å². The number of rotatable bonds is 5. The Kier molecular flexibility index (Phi) is 5.62. The molecule has 3 aromatic carbocycles. The standard InChI is InChI=1S/C24H22F2/c1-3-5-17-7-11-19(12-8-17)21-15-16-22(24(26)23(21)25)20-13-9-18(6-4-2)10-14-20/h3,5,7-16H,4,6H2,1-2H3/b5-3+. The van der Waals surface area contributed by atoms with E-state index in [1.807, 2.05) is 67.6 Å². The van der Waals surface area contributed by atoms with Crippen molar-refractivity contribution >= 4 is 6.08 Å². The second-order valence-electron chi connectivity index (χ2n) is 6.36. The Hall–Kier alpha value is -2.74. The molecule has 0 aliphatic carbocycles. The summed E-state index contributed by atoms with van der Waals surface area (Å²) in [7, 11) is 0. The molecule has 3 aromatic rings. The zero-order valence-electron chi connectivity index (χ0n) is 15.1. The predicted molar refractivity (Wildman–Crippen MR) is 106 cm³/mol. The van der Waals surface area contributed by atoms with Gasteiger partial charge in [-0.25, -0.2) is 8.78 Å². The zero-order valence-corrected chi connectivity index (χ0v) is 15.1. The van der Waals surface area contributed by atoms with Crippen LogP contribution < -0.4 is 0 Å². The summed E-state index contributed by atoms with van der Waals surface area (Å²) in [4.78, 5) is 0. The summed E-state index contributed by atoms with van der Waals surface area (Å²) in [6.07, 6.45) is 5.95. The maximum Gasteiger partial charge on any atom is 0.167 e. The first-order valence-electron chi connectivity index (χ1n) is 8.94. The van der Waals surface area contributed by atoms with E-state index in [0.717, 1.165) is 18.4 Å². The van der Waals surface area contributed by atoms with Crippen LogP contribution in [-0.4, -0.2) is 0 Å². The van der Waals surface area contributed by atoms with Crippen LogP contribution in [0.1, 0.15) is 31.4 Å². The quantitative estimate of drug-likeness (QED) is 0.454. The summed E-state index contributed by atoms with van der Waals surface area (Å²) in [5.74, 6) is -1.61.